The first-order chi connectivity index (χ1) is 22.8. The molecule has 0 bridgehead atoms. The highest BCUT2D eigenvalue weighted by molar-refractivity contribution is 5.97. The van der Waals surface area contributed by atoms with E-state index in [1.807, 2.05) is 11.0 Å². The van der Waals surface area contributed by atoms with Gasteiger partial charge in [0.15, 0.2) is 0 Å². The highest BCUT2D eigenvalue weighted by Crippen LogP contribution is 2.39. The molecule has 1 aromatic heterocycles. The van der Waals surface area contributed by atoms with Gasteiger partial charge in [-0.1, -0.05) is 12.8 Å². The predicted octanol–water partition coefficient (Wildman–Crippen LogP) is 1.19. The van der Waals surface area contributed by atoms with Gasteiger partial charge in [0.05, 0.1) is 23.5 Å². The van der Waals surface area contributed by atoms with Crippen LogP contribution in [0.1, 0.15) is 66.0 Å². The van der Waals surface area contributed by atoms with E-state index in [0.717, 1.165) is 11.1 Å². The first-order valence-corrected chi connectivity index (χ1v) is 15.1. The number of terminal acetylenes is 1. The van der Waals surface area contributed by atoms with Gasteiger partial charge in [0.1, 0.15) is 24.5 Å². The molecule has 4 rings (SSSR count). The lowest BCUT2D eigenvalue weighted by atomic mass is 9.97. The van der Waals surface area contributed by atoms with Gasteiger partial charge in [0.25, 0.3) is 11.5 Å². The Bertz CT molecular complexity index is 1830. The molecular weight excluding hydrogens is 626 g/mol. The standard InChI is InChI=1S/C33H35N5O10/c1-3-12-38(25-10-6-19-14-24-22(15-21(19)25)31(44)36-26(16-39)34-24)20-7-4-18(5-8-20)30(43)37-29(33(47)48)17(2)13-27(40)35-23(32(45)46)9-11-28(41)42/h1,4-5,7-8,14-15,17,23,25,29,39H,6,9-13,16H2,2H3,(H,35,40)(H,37,43)(H,41,42)(H,45,46)(H,47,48)(H,34,36,44)/t17?,23-,25?,29+/m1/s1. The van der Waals surface area contributed by atoms with E-state index in [4.69, 9.17) is 11.5 Å². The lowest BCUT2D eigenvalue weighted by Crippen LogP contribution is -2.47. The molecule has 7 N–H and O–H groups in total. The van der Waals surface area contributed by atoms with Crippen molar-refractivity contribution in [3.63, 3.8) is 0 Å². The molecule has 0 aliphatic heterocycles. The van der Waals surface area contributed by atoms with Crippen LogP contribution in [0.5, 0.6) is 0 Å². The fourth-order valence-electron chi connectivity index (χ4n) is 5.81. The fourth-order valence-corrected chi connectivity index (χ4v) is 5.81. The summed E-state index contributed by atoms with van der Waals surface area (Å²) in [6, 6.07) is 6.82. The molecule has 0 spiro atoms. The predicted molar refractivity (Wildman–Crippen MR) is 171 cm³/mol. The molecule has 48 heavy (non-hydrogen) atoms. The summed E-state index contributed by atoms with van der Waals surface area (Å²) in [6.45, 7) is 1.23. The zero-order valence-electron chi connectivity index (χ0n) is 25.9. The molecule has 15 heteroatoms. The van der Waals surface area contributed by atoms with Crippen LogP contribution < -0.4 is 21.1 Å². The van der Waals surface area contributed by atoms with Crippen LogP contribution in [0.4, 0.5) is 5.69 Å². The summed E-state index contributed by atoms with van der Waals surface area (Å²) in [5.74, 6) is -3.73. The van der Waals surface area contributed by atoms with Crippen LogP contribution in [-0.2, 0) is 32.2 Å². The van der Waals surface area contributed by atoms with Crippen LogP contribution in [0, 0.1) is 18.3 Å². The van der Waals surface area contributed by atoms with Gasteiger partial charge >= 0.3 is 17.9 Å². The van der Waals surface area contributed by atoms with Crippen molar-refractivity contribution in [2.24, 2.45) is 5.92 Å². The number of aliphatic hydroxyl groups is 1. The number of hydrogen-bond acceptors (Lipinski definition) is 9. The average molecular weight is 662 g/mol. The number of aliphatic carboxylic acids is 3. The maximum Gasteiger partial charge on any atom is 0.326 e. The van der Waals surface area contributed by atoms with E-state index >= 15 is 0 Å². The molecular formula is C33H35N5O10. The minimum Gasteiger partial charge on any atom is -0.481 e. The zero-order valence-corrected chi connectivity index (χ0v) is 25.9. The number of rotatable bonds is 15. The number of fused-ring (bicyclic) bond motifs is 2. The number of anilines is 1. The Hall–Kier alpha value is -5.75. The van der Waals surface area contributed by atoms with Crippen LogP contribution in [0.15, 0.2) is 41.2 Å². The lowest BCUT2D eigenvalue weighted by Gasteiger charge is -2.30. The summed E-state index contributed by atoms with van der Waals surface area (Å²) in [4.78, 5) is 81.3. The molecule has 15 nitrogen and oxygen atoms in total. The first-order valence-electron chi connectivity index (χ1n) is 15.1. The van der Waals surface area contributed by atoms with Gasteiger partial charge in [-0.25, -0.2) is 14.6 Å². The fraction of sp³-hybridized carbons (Fsp3) is 0.364. The number of benzene rings is 2. The number of hydrogen-bond donors (Lipinski definition) is 7. The Morgan fingerprint density at radius 2 is 1.79 bits per heavy atom. The third-order valence-corrected chi connectivity index (χ3v) is 8.22. The Balaban J connectivity index is 1.47. The average Bonchev–Trinajstić information content (AvgIpc) is 3.45. The molecule has 252 valence electrons. The van der Waals surface area contributed by atoms with E-state index in [-0.39, 0.29) is 36.0 Å². The van der Waals surface area contributed by atoms with E-state index < -0.39 is 67.2 Å². The van der Waals surface area contributed by atoms with Crippen molar-refractivity contribution in [3.8, 4) is 12.3 Å². The van der Waals surface area contributed by atoms with Crippen LogP contribution >= 0.6 is 0 Å². The Morgan fingerprint density at radius 3 is 2.40 bits per heavy atom. The van der Waals surface area contributed by atoms with Crippen molar-refractivity contribution in [1.82, 2.24) is 20.6 Å². The van der Waals surface area contributed by atoms with E-state index in [0.29, 0.717) is 29.4 Å². The summed E-state index contributed by atoms with van der Waals surface area (Å²) < 4.78 is 0. The summed E-state index contributed by atoms with van der Waals surface area (Å²) in [5, 5.41) is 42.3. The molecule has 4 atom stereocenters. The highest BCUT2D eigenvalue weighted by Gasteiger charge is 2.32. The van der Waals surface area contributed by atoms with Gasteiger partial charge in [-0.15, -0.1) is 6.42 Å². The third-order valence-electron chi connectivity index (χ3n) is 8.22. The number of aromatic nitrogens is 2. The van der Waals surface area contributed by atoms with Crippen LogP contribution in [0.2, 0.25) is 0 Å². The molecule has 1 heterocycles. The molecule has 3 aromatic rings. The number of aliphatic hydroxyl groups excluding tert-OH is 1. The maximum absolute atomic E-state index is 13.1. The van der Waals surface area contributed by atoms with Gasteiger partial charge in [-0.3, -0.25) is 19.2 Å². The van der Waals surface area contributed by atoms with Gasteiger partial charge in [0, 0.05) is 24.1 Å². The normalized spacial score (nSPS) is 15.4. The number of H-pyrrole nitrogens is 1. The number of nitrogens with one attached hydrogen (secondary N) is 3. The smallest absolute Gasteiger partial charge is 0.326 e. The minimum absolute atomic E-state index is 0.136. The SMILES string of the molecule is C#CCN(c1ccc(C(=O)N[C@H](C(=O)O)C(C)CC(=O)N[C@H](CCC(=O)O)C(=O)O)cc1)C1CCc2cc3nc(CO)[nH]c(=O)c3cc21. The second-order valence-electron chi connectivity index (χ2n) is 11.5. The van der Waals surface area contributed by atoms with Crippen LogP contribution in [0.3, 0.4) is 0 Å². The molecule has 0 saturated carbocycles. The molecule has 0 radical (unpaired) electrons. The van der Waals surface area contributed by atoms with Crippen molar-refractivity contribution in [2.75, 3.05) is 11.4 Å². The summed E-state index contributed by atoms with van der Waals surface area (Å²) >= 11 is 0. The van der Waals surface area contributed by atoms with Gasteiger partial charge in [-0.05, 0) is 72.7 Å². The monoisotopic (exact) mass is 661 g/mol. The van der Waals surface area contributed by atoms with Crippen molar-refractivity contribution >= 4 is 46.3 Å². The number of nitrogens with zero attached hydrogens (tertiary/aromatic N) is 2. The zero-order chi connectivity index (χ0) is 35.1. The molecule has 1 aliphatic carbocycles. The van der Waals surface area contributed by atoms with Crippen LogP contribution in [0.25, 0.3) is 10.9 Å². The Morgan fingerprint density at radius 1 is 1.08 bits per heavy atom. The molecule has 2 aromatic carbocycles. The van der Waals surface area contributed by atoms with Crippen molar-refractivity contribution < 1.29 is 44.4 Å². The molecule has 2 unspecified atom stereocenters. The number of aryl methyl sites for hydroxylation is 1. The van der Waals surface area contributed by atoms with E-state index in [1.54, 1.807) is 18.2 Å². The maximum atomic E-state index is 13.1. The number of aromatic amines is 1. The summed E-state index contributed by atoms with van der Waals surface area (Å²) in [7, 11) is 0. The quantitative estimate of drug-likeness (QED) is 0.114. The van der Waals surface area contributed by atoms with E-state index in [1.165, 1.54) is 19.1 Å². The van der Waals surface area contributed by atoms with Gasteiger partial charge < -0.3 is 40.9 Å². The molecule has 0 fully saturated rings. The second kappa shape index (κ2) is 15.2. The second-order valence-corrected chi connectivity index (χ2v) is 11.5. The van der Waals surface area contributed by atoms with Crippen molar-refractivity contribution in [1.29, 1.82) is 0 Å². The number of carbonyl (C=O) groups excluding carboxylic acids is 2. The topological polar surface area (TPSA) is 239 Å². The lowest BCUT2D eigenvalue weighted by molar-refractivity contribution is -0.144. The molecule has 2 amide bonds. The molecule has 1 aliphatic rings. The number of carboxylic acid groups (broad SMARTS) is 3. The highest BCUT2D eigenvalue weighted by atomic mass is 16.4. The Kier molecular flexibility index (Phi) is 11.1. The minimum atomic E-state index is -1.50. The van der Waals surface area contributed by atoms with E-state index in [2.05, 4.69) is 26.5 Å². The third kappa shape index (κ3) is 8.15. The van der Waals surface area contributed by atoms with Crippen LogP contribution in [-0.4, -0.2) is 78.7 Å². The molecule has 0 saturated heterocycles. The number of carbonyl (C=O) groups is 5. The van der Waals surface area contributed by atoms with Crippen molar-refractivity contribution in [3.05, 3.63) is 69.3 Å². The van der Waals surface area contributed by atoms with Crippen molar-refractivity contribution in [2.45, 2.75) is 63.8 Å². The summed E-state index contributed by atoms with van der Waals surface area (Å²) in [5.41, 5.74) is 2.83. The number of carboxylic acids is 3. The number of amides is 2. The summed E-state index contributed by atoms with van der Waals surface area (Å²) in [6.07, 6.45) is 5.81. The van der Waals surface area contributed by atoms with Gasteiger partial charge in [0.2, 0.25) is 5.91 Å². The largest absolute Gasteiger partial charge is 0.481 e. The Labute approximate surface area is 274 Å². The van der Waals surface area contributed by atoms with E-state index in [9.17, 15) is 44.1 Å². The first kappa shape index (κ1) is 35.1. The van der Waals surface area contributed by atoms with Gasteiger partial charge in [-0.2, -0.15) is 0 Å².